The molecule has 1 aromatic carbocycles. The summed E-state index contributed by atoms with van der Waals surface area (Å²) in [5, 5.41) is 12.8. The molecular weight excluding hydrogens is 443 g/mol. The van der Waals surface area contributed by atoms with Crippen LogP contribution in [0.2, 0.25) is 10.0 Å². The molecule has 0 radical (unpaired) electrons. The summed E-state index contributed by atoms with van der Waals surface area (Å²) >= 11 is 13.7. The third kappa shape index (κ3) is 5.71. The molecule has 1 N–H and O–H groups in total. The van der Waals surface area contributed by atoms with Gasteiger partial charge in [-0.3, -0.25) is 4.79 Å². The van der Waals surface area contributed by atoms with E-state index >= 15 is 0 Å². The summed E-state index contributed by atoms with van der Waals surface area (Å²) in [6.07, 6.45) is 1.88. The number of benzene rings is 1. The number of hydrogen-bond donors (Lipinski definition) is 1. The van der Waals surface area contributed by atoms with Crippen molar-refractivity contribution in [2.24, 2.45) is 0 Å². The summed E-state index contributed by atoms with van der Waals surface area (Å²) in [5.74, 6) is 0.135. The van der Waals surface area contributed by atoms with Crippen LogP contribution in [0.1, 0.15) is 47.3 Å². The molecule has 158 valence electrons. The van der Waals surface area contributed by atoms with Gasteiger partial charge in [0.25, 0.3) is 5.91 Å². The minimum atomic E-state index is -0.264. The number of carbonyl (C=O) groups is 1. The number of unbranched alkanes of at least 4 members (excludes halogenated alkanes) is 1. The van der Waals surface area contributed by atoms with E-state index in [1.165, 1.54) is 11.8 Å². The second-order valence-corrected chi connectivity index (χ2v) is 8.57. The van der Waals surface area contributed by atoms with Gasteiger partial charge in [0.2, 0.25) is 0 Å². The Morgan fingerprint density at radius 2 is 1.77 bits per heavy atom. The minimum Gasteiger partial charge on any atom is -0.351 e. The largest absolute Gasteiger partial charge is 0.351 e. The van der Waals surface area contributed by atoms with Gasteiger partial charge in [0.15, 0.2) is 10.9 Å². The quantitative estimate of drug-likeness (QED) is 0.292. The third-order valence-corrected chi connectivity index (χ3v) is 5.48. The van der Waals surface area contributed by atoms with Crippen molar-refractivity contribution in [1.82, 2.24) is 30.3 Å². The predicted octanol–water partition coefficient (Wildman–Crippen LogP) is 4.80. The van der Waals surface area contributed by atoms with E-state index in [-0.39, 0.29) is 11.6 Å². The van der Waals surface area contributed by atoms with Crippen molar-refractivity contribution in [1.29, 1.82) is 0 Å². The van der Waals surface area contributed by atoms with Crippen molar-refractivity contribution in [3.63, 3.8) is 0 Å². The zero-order chi connectivity index (χ0) is 21.7. The second-order valence-electron chi connectivity index (χ2n) is 6.76. The topological polar surface area (TPSA) is 85.6 Å². The van der Waals surface area contributed by atoms with Crippen LogP contribution in [0.4, 0.5) is 0 Å². The number of aryl methyl sites for hydroxylation is 2. The fourth-order valence-corrected chi connectivity index (χ4v) is 4.29. The van der Waals surface area contributed by atoms with E-state index in [9.17, 15) is 4.79 Å². The van der Waals surface area contributed by atoms with Gasteiger partial charge < -0.3 is 5.32 Å². The zero-order valence-corrected chi connectivity index (χ0v) is 19.3. The molecule has 0 spiro atoms. The monoisotopic (exact) mass is 464 g/mol. The highest BCUT2D eigenvalue weighted by Gasteiger charge is 2.21. The van der Waals surface area contributed by atoms with E-state index in [1.54, 1.807) is 22.9 Å². The maximum Gasteiger partial charge on any atom is 0.273 e. The lowest BCUT2D eigenvalue weighted by Crippen LogP contribution is -2.26. The molecule has 0 aliphatic heterocycles. The van der Waals surface area contributed by atoms with Gasteiger partial charge in [0.05, 0.1) is 11.4 Å². The first-order chi connectivity index (χ1) is 14.4. The molecule has 0 aliphatic rings. The van der Waals surface area contributed by atoms with Crippen molar-refractivity contribution in [3.05, 3.63) is 57.1 Å². The van der Waals surface area contributed by atoms with Gasteiger partial charge in [0, 0.05) is 33.7 Å². The van der Waals surface area contributed by atoms with Gasteiger partial charge in [-0.05, 0) is 44.5 Å². The average Bonchev–Trinajstić information content (AvgIpc) is 3.09. The summed E-state index contributed by atoms with van der Waals surface area (Å²) in [5.41, 5.74) is 3.28. The molecule has 3 rings (SSSR count). The molecule has 0 atom stereocenters. The lowest BCUT2D eigenvalue weighted by Gasteiger charge is -2.09. The molecule has 0 saturated heterocycles. The van der Waals surface area contributed by atoms with Gasteiger partial charge in [-0.25, -0.2) is 14.6 Å². The van der Waals surface area contributed by atoms with E-state index in [0.717, 1.165) is 24.2 Å². The highest BCUT2D eigenvalue weighted by atomic mass is 35.5. The molecule has 1 amide bonds. The van der Waals surface area contributed by atoms with E-state index in [0.29, 0.717) is 38.9 Å². The first-order valence-corrected chi connectivity index (χ1v) is 11.3. The number of aromatic nitrogens is 5. The molecule has 2 aromatic heterocycles. The molecule has 10 heteroatoms. The molecule has 0 saturated carbocycles. The normalized spacial score (nSPS) is 11.0. The second kappa shape index (κ2) is 10.2. The maximum absolute atomic E-state index is 12.7. The Balaban J connectivity index is 1.95. The van der Waals surface area contributed by atoms with Crippen LogP contribution in [0.5, 0.6) is 0 Å². The number of carbonyl (C=O) groups excluding carboxylic acids is 1. The Morgan fingerprint density at radius 1 is 1.10 bits per heavy atom. The molecule has 0 aliphatic carbocycles. The number of halogens is 2. The summed E-state index contributed by atoms with van der Waals surface area (Å²) in [6.45, 7) is 6.49. The van der Waals surface area contributed by atoms with E-state index < -0.39 is 0 Å². The van der Waals surface area contributed by atoms with Crippen LogP contribution < -0.4 is 5.32 Å². The SMILES string of the molecule is CCCCNC(=O)c1nnn(-c2cc(Cl)cc(Cl)c2)c1CSc1nc(C)cc(C)n1. The minimum absolute atomic E-state index is 0.263. The van der Waals surface area contributed by atoms with Gasteiger partial charge in [-0.2, -0.15) is 0 Å². The fourth-order valence-electron chi connectivity index (χ4n) is 2.83. The fraction of sp³-hybridized carbons (Fsp3) is 0.350. The summed E-state index contributed by atoms with van der Waals surface area (Å²) in [6, 6.07) is 7.00. The number of nitrogens with zero attached hydrogens (tertiary/aromatic N) is 5. The van der Waals surface area contributed by atoms with Crippen LogP contribution in [0.3, 0.4) is 0 Å². The molecular formula is C20H22Cl2N6OS. The van der Waals surface area contributed by atoms with Crippen molar-refractivity contribution in [2.45, 2.75) is 44.5 Å². The zero-order valence-electron chi connectivity index (χ0n) is 16.9. The molecule has 0 bridgehead atoms. The van der Waals surface area contributed by atoms with Gasteiger partial charge in [-0.15, -0.1) is 5.10 Å². The molecule has 3 aromatic rings. The van der Waals surface area contributed by atoms with E-state index in [1.807, 2.05) is 19.9 Å². The van der Waals surface area contributed by atoms with E-state index in [4.69, 9.17) is 23.2 Å². The van der Waals surface area contributed by atoms with Crippen molar-refractivity contribution < 1.29 is 4.79 Å². The van der Waals surface area contributed by atoms with Crippen LogP contribution in [-0.2, 0) is 5.75 Å². The number of rotatable bonds is 8. The average molecular weight is 465 g/mol. The van der Waals surface area contributed by atoms with Crippen molar-refractivity contribution in [3.8, 4) is 5.69 Å². The van der Waals surface area contributed by atoms with Gasteiger partial charge in [-0.1, -0.05) is 53.5 Å². The van der Waals surface area contributed by atoms with E-state index in [2.05, 4.69) is 32.5 Å². The van der Waals surface area contributed by atoms with Gasteiger partial charge in [0.1, 0.15) is 0 Å². The summed E-state index contributed by atoms with van der Waals surface area (Å²) < 4.78 is 1.59. The Bertz CT molecular complexity index is 1020. The van der Waals surface area contributed by atoms with Crippen LogP contribution in [-0.4, -0.2) is 37.4 Å². The van der Waals surface area contributed by atoms with Crippen LogP contribution in [0, 0.1) is 13.8 Å². The van der Waals surface area contributed by atoms with Crippen LogP contribution in [0.25, 0.3) is 5.69 Å². The molecule has 0 fully saturated rings. The first-order valence-electron chi connectivity index (χ1n) is 9.51. The molecule has 30 heavy (non-hydrogen) atoms. The molecule has 0 unspecified atom stereocenters. The third-order valence-electron chi connectivity index (χ3n) is 4.19. The summed E-state index contributed by atoms with van der Waals surface area (Å²) in [4.78, 5) is 21.6. The lowest BCUT2D eigenvalue weighted by molar-refractivity contribution is 0.0947. The lowest BCUT2D eigenvalue weighted by atomic mass is 10.2. The Morgan fingerprint density at radius 3 is 2.40 bits per heavy atom. The first kappa shape index (κ1) is 22.5. The van der Waals surface area contributed by atoms with Gasteiger partial charge >= 0.3 is 0 Å². The number of thioether (sulfide) groups is 1. The number of hydrogen-bond acceptors (Lipinski definition) is 6. The van der Waals surface area contributed by atoms with Crippen molar-refractivity contribution >= 4 is 40.9 Å². The smallest absolute Gasteiger partial charge is 0.273 e. The van der Waals surface area contributed by atoms with Crippen molar-refractivity contribution in [2.75, 3.05) is 6.54 Å². The maximum atomic E-state index is 12.7. The number of nitrogens with one attached hydrogen (secondary N) is 1. The molecule has 7 nitrogen and oxygen atoms in total. The highest BCUT2D eigenvalue weighted by molar-refractivity contribution is 7.98. The Labute approximate surface area is 189 Å². The standard InChI is InChI=1S/C20H22Cl2N6OS/c1-4-5-6-23-19(29)18-17(11-30-20-24-12(2)7-13(3)25-20)28(27-26-18)16-9-14(21)8-15(22)10-16/h7-10H,4-6,11H2,1-3H3,(H,23,29). The molecule has 2 heterocycles. The number of amides is 1. The Kier molecular flexibility index (Phi) is 7.69. The highest BCUT2D eigenvalue weighted by Crippen LogP contribution is 2.26. The Hall–Kier alpha value is -2.16. The van der Waals surface area contributed by atoms with Crippen LogP contribution in [0.15, 0.2) is 29.4 Å². The van der Waals surface area contributed by atoms with Crippen LogP contribution >= 0.6 is 35.0 Å². The predicted molar refractivity (Wildman–Crippen MR) is 120 cm³/mol. The summed E-state index contributed by atoms with van der Waals surface area (Å²) in [7, 11) is 0.